The highest BCUT2D eigenvalue weighted by Crippen LogP contribution is 2.20. The van der Waals surface area contributed by atoms with Crippen molar-refractivity contribution >= 4 is 11.9 Å². The van der Waals surface area contributed by atoms with E-state index in [0.717, 1.165) is 19.4 Å². The second-order valence-corrected chi connectivity index (χ2v) is 4.40. The molecule has 0 saturated carbocycles. The first-order valence-electron chi connectivity index (χ1n) is 6.72. The quantitative estimate of drug-likeness (QED) is 0.644. The third kappa shape index (κ3) is 5.04. The van der Waals surface area contributed by atoms with E-state index in [4.69, 9.17) is 9.47 Å². The maximum atomic E-state index is 11.4. The molecule has 1 fully saturated rings. The van der Waals surface area contributed by atoms with Gasteiger partial charge in [0, 0.05) is 12.6 Å². The fraction of sp³-hybridized carbons (Fsp3) is 0.846. The van der Waals surface area contributed by atoms with Gasteiger partial charge in [-0.3, -0.25) is 14.5 Å². The van der Waals surface area contributed by atoms with Crippen molar-refractivity contribution in [2.75, 3.05) is 26.3 Å². The number of hydrogen-bond donors (Lipinski definition) is 0. The molecule has 1 saturated heterocycles. The molecule has 1 aliphatic rings. The van der Waals surface area contributed by atoms with E-state index in [2.05, 4.69) is 4.90 Å². The van der Waals surface area contributed by atoms with E-state index >= 15 is 0 Å². The molecule has 0 aliphatic carbocycles. The third-order valence-electron chi connectivity index (χ3n) is 3.12. The molecule has 0 N–H and O–H groups in total. The van der Waals surface area contributed by atoms with E-state index in [1.807, 2.05) is 6.92 Å². The summed E-state index contributed by atoms with van der Waals surface area (Å²) in [5.41, 5.74) is 0. The molecule has 0 spiro atoms. The van der Waals surface area contributed by atoms with Crippen molar-refractivity contribution in [3.8, 4) is 0 Å². The Morgan fingerprint density at radius 3 is 2.50 bits per heavy atom. The maximum absolute atomic E-state index is 11.4. The number of nitrogens with zero attached hydrogens (tertiary/aromatic N) is 1. The second-order valence-electron chi connectivity index (χ2n) is 4.40. The fourth-order valence-corrected chi connectivity index (χ4v) is 2.30. The molecule has 1 heterocycles. The van der Waals surface area contributed by atoms with Crippen LogP contribution in [0.25, 0.3) is 0 Å². The summed E-state index contributed by atoms with van der Waals surface area (Å²) in [5, 5.41) is 0. The van der Waals surface area contributed by atoms with Crippen LogP contribution < -0.4 is 0 Å². The average molecular weight is 257 g/mol. The molecule has 1 aliphatic heterocycles. The molecule has 1 atom stereocenters. The van der Waals surface area contributed by atoms with Gasteiger partial charge in [0.15, 0.2) is 0 Å². The first-order chi connectivity index (χ1) is 8.67. The van der Waals surface area contributed by atoms with Gasteiger partial charge in [0.25, 0.3) is 0 Å². The third-order valence-corrected chi connectivity index (χ3v) is 3.12. The molecule has 0 aromatic rings. The average Bonchev–Trinajstić information content (AvgIpc) is 2.74. The topological polar surface area (TPSA) is 55.8 Å². The lowest BCUT2D eigenvalue weighted by molar-refractivity contribution is -0.144. The van der Waals surface area contributed by atoms with Crippen LogP contribution in [0.5, 0.6) is 0 Å². The van der Waals surface area contributed by atoms with Crippen molar-refractivity contribution in [2.45, 2.75) is 45.6 Å². The van der Waals surface area contributed by atoms with Crippen LogP contribution in [0.1, 0.15) is 39.5 Å². The zero-order valence-electron chi connectivity index (χ0n) is 11.3. The van der Waals surface area contributed by atoms with E-state index < -0.39 is 0 Å². The molecular weight excluding hydrogens is 234 g/mol. The Bertz CT molecular complexity index is 280. The van der Waals surface area contributed by atoms with Gasteiger partial charge in [-0.2, -0.15) is 0 Å². The van der Waals surface area contributed by atoms with Gasteiger partial charge < -0.3 is 9.47 Å². The van der Waals surface area contributed by atoms with E-state index in [0.29, 0.717) is 32.6 Å². The first kappa shape index (κ1) is 15.0. The second kappa shape index (κ2) is 8.08. The van der Waals surface area contributed by atoms with E-state index in [9.17, 15) is 9.59 Å². The molecule has 104 valence electrons. The predicted molar refractivity (Wildman–Crippen MR) is 67.1 cm³/mol. The van der Waals surface area contributed by atoms with E-state index in [1.165, 1.54) is 0 Å². The van der Waals surface area contributed by atoms with Gasteiger partial charge in [0.2, 0.25) is 0 Å². The Kier molecular flexibility index (Phi) is 6.72. The maximum Gasteiger partial charge on any atom is 0.307 e. The Balaban J connectivity index is 2.30. The molecule has 0 radical (unpaired) electrons. The standard InChI is InChI=1S/C13H23NO4/c1-3-17-12(15)7-9-14-8-5-6-11(14)10-13(16)18-4-2/h11H,3-10H2,1-2H3/t11-/m0/s1. The van der Waals surface area contributed by atoms with Crippen molar-refractivity contribution in [3.63, 3.8) is 0 Å². The summed E-state index contributed by atoms with van der Waals surface area (Å²) >= 11 is 0. The van der Waals surface area contributed by atoms with Crippen molar-refractivity contribution in [3.05, 3.63) is 0 Å². The predicted octanol–water partition coefficient (Wildman–Crippen LogP) is 1.36. The van der Waals surface area contributed by atoms with E-state index in [-0.39, 0.29) is 18.0 Å². The summed E-state index contributed by atoms with van der Waals surface area (Å²) in [4.78, 5) is 24.9. The van der Waals surface area contributed by atoms with Crippen LogP contribution in [0.15, 0.2) is 0 Å². The zero-order valence-corrected chi connectivity index (χ0v) is 11.3. The lowest BCUT2D eigenvalue weighted by Gasteiger charge is -2.23. The summed E-state index contributed by atoms with van der Waals surface area (Å²) in [7, 11) is 0. The minimum absolute atomic E-state index is 0.148. The summed E-state index contributed by atoms with van der Waals surface area (Å²) in [6, 6.07) is 0.221. The first-order valence-corrected chi connectivity index (χ1v) is 6.72. The van der Waals surface area contributed by atoms with Crippen molar-refractivity contribution in [1.29, 1.82) is 0 Å². The van der Waals surface area contributed by atoms with Gasteiger partial charge in [0.1, 0.15) is 0 Å². The number of hydrogen-bond acceptors (Lipinski definition) is 5. The molecule has 5 nitrogen and oxygen atoms in total. The molecule has 1 rings (SSSR count). The monoisotopic (exact) mass is 257 g/mol. The molecule has 0 aromatic heterocycles. The number of carbonyl (C=O) groups excluding carboxylic acids is 2. The highest BCUT2D eigenvalue weighted by Gasteiger charge is 2.27. The Morgan fingerprint density at radius 2 is 1.83 bits per heavy atom. The van der Waals surface area contributed by atoms with Crippen molar-refractivity contribution in [1.82, 2.24) is 4.90 Å². The zero-order chi connectivity index (χ0) is 13.4. The molecule has 0 aromatic carbocycles. The van der Waals surface area contributed by atoms with Crippen LogP contribution >= 0.6 is 0 Å². The van der Waals surface area contributed by atoms with Crippen LogP contribution in [0.3, 0.4) is 0 Å². The molecule has 0 unspecified atom stereocenters. The lowest BCUT2D eigenvalue weighted by Crippen LogP contribution is -2.33. The van der Waals surface area contributed by atoms with Gasteiger partial charge in [-0.05, 0) is 33.2 Å². The number of ether oxygens (including phenoxy) is 2. The highest BCUT2D eigenvalue weighted by atomic mass is 16.5. The summed E-state index contributed by atoms with van der Waals surface area (Å²) < 4.78 is 9.86. The van der Waals surface area contributed by atoms with Crippen LogP contribution in [-0.4, -0.2) is 49.2 Å². The number of likely N-dealkylation sites (tertiary alicyclic amines) is 1. The van der Waals surface area contributed by atoms with Crippen molar-refractivity contribution in [2.24, 2.45) is 0 Å². The molecule has 0 amide bonds. The molecule has 5 heteroatoms. The number of esters is 2. The minimum Gasteiger partial charge on any atom is -0.466 e. The van der Waals surface area contributed by atoms with Crippen LogP contribution in [0, 0.1) is 0 Å². The molecule has 0 bridgehead atoms. The van der Waals surface area contributed by atoms with Gasteiger partial charge >= 0.3 is 11.9 Å². The molecule has 18 heavy (non-hydrogen) atoms. The van der Waals surface area contributed by atoms with Gasteiger partial charge in [-0.15, -0.1) is 0 Å². The van der Waals surface area contributed by atoms with Gasteiger partial charge in [-0.25, -0.2) is 0 Å². The minimum atomic E-state index is -0.167. The smallest absolute Gasteiger partial charge is 0.307 e. The van der Waals surface area contributed by atoms with Gasteiger partial charge in [-0.1, -0.05) is 0 Å². The number of rotatable bonds is 7. The summed E-state index contributed by atoms with van der Waals surface area (Å²) in [5.74, 6) is -0.315. The Morgan fingerprint density at radius 1 is 1.17 bits per heavy atom. The molecular formula is C13H23NO4. The van der Waals surface area contributed by atoms with Crippen LogP contribution in [0.2, 0.25) is 0 Å². The Labute approximate surface area is 108 Å². The normalized spacial score (nSPS) is 19.8. The van der Waals surface area contributed by atoms with Crippen LogP contribution in [-0.2, 0) is 19.1 Å². The summed E-state index contributed by atoms with van der Waals surface area (Å²) in [6.07, 6.45) is 2.90. The van der Waals surface area contributed by atoms with Gasteiger partial charge in [0.05, 0.1) is 26.1 Å². The highest BCUT2D eigenvalue weighted by molar-refractivity contribution is 5.70. The fourth-order valence-electron chi connectivity index (χ4n) is 2.30. The van der Waals surface area contributed by atoms with Crippen LogP contribution in [0.4, 0.5) is 0 Å². The largest absolute Gasteiger partial charge is 0.466 e. The number of carbonyl (C=O) groups is 2. The summed E-state index contributed by atoms with van der Waals surface area (Å²) in [6.45, 7) is 6.08. The SMILES string of the molecule is CCOC(=O)CCN1CCC[C@H]1CC(=O)OCC. The Hall–Kier alpha value is -1.10. The van der Waals surface area contributed by atoms with E-state index in [1.54, 1.807) is 6.92 Å². The lowest BCUT2D eigenvalue weighted by atomic mass is 10.1. The van der Waals surface area contributed by atoms with Crippen molar-refractivity contribution < 1.29 is 19.1 Å².